The third kappa shape index (κ3) is 5.23. The second kappa shape index (κ2) is 9.06. The molecular formula is C21H26ClN3O. The molecule has 1 amide bonds. The van der Waals surface area contributed by atoms with Crippen LogP contribution < -0.4 is 10.2 Å². The molecule has 2 aromatic carbocycles. The first-order valence-corrected chi connectivity index (χ1v) is 9.54. The molecule has 0 spiro atoms. The van der Waals surface area contributed by atoms with Crippen LogP contribution in [-0.2, 0) is 11.2 Å². The molecule has 1 N–H and O–H groups in total. The van der Waals surface area contributed by atoms with E-state index in [1.807, 2.05) is 23.1 Å². The number of rotatable bonds is 6. The van der Waals surface area contributed by atoms with Crippen molar-refractivity contribution in [1.29, 1.82) is 0 Å². The predicted molar refractivity (Wildman–Crippen MR) is 108 cm³/mol. The highest BCUT2D eigenvalue weighted by Gasteiger charge is 2.20. The Morgan fingerprint density at radius 1 is 1.08 bits per heavy atom. The summed E-state index contributed by atoms with van der Waals surface area (Å²) in [7, 11) is 0. The summed E-state index contributed by atoms with van der Waals surface area (Å²) < 4.78 is 0. The number of carbonyl (C=O) groups is 1. The lowest BCUT2D eigenvalue weighted by atomic mass is 10.1. The second-order valence-corrected chi connectivity index (χ2v) is 7.20. The zero-order chi connectivity index (χ0) is 18.4. The van der Waals surface area contributed by atoms with Crippen LogP contribution in [0.1, 0.15) is 11.1 Å². The van der Waals surface area contributed by atoms with E-state index in [4.69, 9.17) is 11.6 Å². The summed E-state index contributed by atoms with van der Waals surface area (Å²) in [4.78, 5) is 16.7. The van der Waals surface area contributed by atoms with Gasteiger partial charge in [0.1, 0.15) is 0 Å². The maximum atomic E-state index is 12.4. The highest BCUT2D eigenvalue weighted by atomic mass is 35.5. The molecule has 1 aliphatic rings. The number of hydrogen-bond donors (Lipinski definition) is 1. The van der Waals surface area contributed by atoms with Gasteiger partial charge in [0, 0.05) is 36.9 Å². The quantitative estimate of drug-likeness (QED) is 0.792. The molecule has 0 aromatic heterocycles. The molecule has 4 nitrogen and oxygen atoms in total. The van der Waals surface area contributed by atoms with Crippen LogP contribution in [0.2, 0.25) is 5.02 Å². The van der Waals surface area contributed by atoms with E-state index >= 15 is 0 Å². The Morgan fingerprint density at radius 2 is 1.85 bits per heavy atom. The molecule has 26 heavy (non-hydrogen) atoms. The van der Waals surface area contributed by atoms with Crippen LogP contribution in [-0.4, -0.2) is 50.1 Å². The fourth-order valence-electron chi connectivity index (χ4n) is 3.27. The minimum absolute atomic E-state index is 0.181. The Balaban J connectivity index is 1.38. The highest BCUT2D eigenvalue weighted by molar-refractivity contribution is 6.30. The summed E-state index contributed by atoms with van der Waals surface area (Å²) in [5, 5.41) is 4.01. The summed E-state index contributed by atoms with van der Waals surface area (Å²) >= 11 is 5.99. The van der Waals surface area contributed by atoms with Gasteiger partial charge in [-0.1, -0.05) is 35.9 Å². The van der Waals surface area contributed by atoms with Crippen LogP contribution in [0.3, 0.4) is 0 Å². The van der Waals surface area contributed by atoms with E-state index in [0.29, 0.717) is 6.54 Å². The van der Waals surface area contributed by atoms with Crippen LogP contribution in [0, 0.1) is 6.92 Å². The number of amides is 1. The fourth-order valence-corrected chi connectivity index (χ4v) is 3.48. The van der Waals surface area contributed by atoms with Crippen molar-refractivity contribution in [3.05, 3.63) is 64.7 Å². The topological polar surface area (TPSA) is 35.6 Å². The van der Waals surface area contributed by atoms with Crippen LogP contribution in [0.5, 0.6) is 0 Å². The van der Waals surface area contributed by atoms with Crippen LogP contribution in [0.25, 0.3) is 0 Å². The number of halogens is 1. The Bertz CT molecular complexity index is 742. The molecule has 2 aromatic rings. The Morgan fingerprint density at radius 3 is 2.58 bits per heavy atom. The summed E-state index contributed by atoms with van der Waals surface area (Å²) in [5.41, 5.74) is 3.70. The molecule has 5 heteroatoms. The predicted octanol–water partition coefficient (Wildman–Crippen LogP) is 3.13. The summed E-state index contributed by atoms with van der Waals surface area (Å²) in [5.74, 6) is 0.181. The van der Waals surface area contributed by atoms with Crippen molar-refractivity contribution in [2.45, 2.75) is 13.3 Å². The van der Waals surface area contributed by atoms with E-state index in [1.165, 1.54) is 16.8 Å². The van der Waals surface area contributed by atoms with Gasteiger partial charge in [-0.25, -0.2) is 0 Å². The maximum absolute atomic E-state index is 12.4. The summed E-state index contributed by atoms with van der Waals surface area (Å²) in [6.45, 7) is 6.61. The van der Waals surface area contributed by atoms with Gasteiger partial charge >= 0.3 is 0 Å². The molecule has 0 atom stereocenters. The van der Waals surface area contributed by atoms with E-state index in [0.717, 1.165) is 44.2 Å². The lowest BCUT2D eigenvalue weighted by molar-refractivity contribution is -0.130. The zero-order valence-corrected chi connectivity index (χ0v) is 16.0. The Kier molecular flexibility index (Phi) is 6.53. The fraction of sp³-hybridized carbons (Fsp3) is 0.381. The minimum Gasteiger partial charge on any atom is -0.368 e. The average molecular weight is 372 g/mol. The third-order valence-electron chi connectivity index (χ3n) is 4.75. The SMILES string of the molecule is Cc1cccc(N2CCN(C(=O)CNCCc3cccc(Cl)c3)CC2)c1. The molecule has 0 radical (unpaired) electrons. The van der Waals surface area contributed by atoms with E-state index in [1.54, 1.807) is 0 Å². The molecule has 138 valence electrons. The van der Waals surface area contributed by atoms with Crippen molar-refractivity contribution in [2.24, 2.45) is 0 Å². The van der Waals surface area contributed by atoms with E-state index < -0.39 is 0 Å². The van der Waals surface area contributed by atoms with E-state index in [-0.39, 0.29) is 5.91 Å². The van der Waals surface area contributed by atoms with Gasteiger partial charge in [0.25, 0.3) is 0 Å². The van der Waals surface area contributed by atoms with Crippen molar-refractivity contribution >= 4 is 23.2 Å². The van der Waals surface area contributed by atoms with Gasteiger partial charge in [0.05, 0.1) is 6.54 Å². The molecule has 1 heterocycles. The summed E-state index contributed by atoms with van der Waals surface area (Å²) in [6, 6.07) is 16.4. The largest absolute Gasteiger partial charge is 0.368 e. The molecule has 0 saturated carbocycles. The first-order chi connectivity index (χ1) is 12.6. The minimum atomic E-state index is 0.181. The number of carbonyl (C=O) groups excluding carboxylic acids is 1. The number of benzene rings is 2. The average Bonchev–Trinajstić information content (AvgIpc) is 2.65. The molecule has 3 rings (SSSR count). The zero-order valence-electron chi connectivity index (χ0n) is 15.2. The number of anilines is 1. The van der Waals surface area contributed by atoms with Gasteiger partial charge in [-0.05, 0) is 55.3 Å². The van der Waals surface area contributed by atoms with Gasteiger partial charge < -0.3 is 15.1 Å². The van der Waals surface area contributed by atoms with Crippen LogP contribution in [0.15, 0.2) is 48.5 Å². The smallest absolute Gasteiger partial charge is 0.236 e. The van der Waals surface area contributed by atoms with Gasteiger partial charge in [0.2, 0.25) is 5.91 Å². The van der Waals surface area contributed by atoms with Gasteiger partial charge in [0.15, 0.2) is 0 Å². The van der Waals surface area contributed by atoms with Crippen molar-refractivity contribution in [1.82, 2.24) is 10.2 Å². The lowest BCUT2D eigenvalue weighted by Gasteiger charge is -2.36. The van der Waals surface area contributed by atoms with Crippen molar-refractivity contribution < 1.29 is 4.79 Å². The maximum Gasteiger partial charge on any atom is 0.236 e. The van der Waals surface area contributed by atoms with Crippen LogP contribution >= 0.6 is 11.6 Å². The van der Waals surface area contributed by atoms with Crippen molar-refractivity contribution in [3.63, 3.8) is 0 Å². The third-order valence-corrected chi connectivity index (χ3v) is 4.99. The number of piperazine rings is 1. The van der Waals surface area contributed by atoms with Gasteiger partial charge in [-0.15, -0.1) is 0 Å². The first-order valence-electron chi connectivity index (χ1n) is 9.16. The Hall–Kier alpha value is -2.04. The molecular weight excluding hydrogens is 346 g/mol. The lowest BCUT2D eigenvalue weighted by Crippen LogP contribution is -2.51. The molecule has 1 fully saturated rings. The van der Waals surface area contributed by atoms with Crippen LogP contribution in [0.4, 0.5) is 5.69 Å². The van der Waals surface area contributed by atoms with Crippen molar-refractivity contribution in [2.75, 3.05) is 44.2 Å². The monoisotopic (exact) mass is 371 g/mol. The van der Waals surface area contributed by atoms with Gasteiger partial charge in [-0.2, -0.15) is 0 Å². The normalized spacial score (nSPS) is 14.5. The van der Waals surface area contributed by atoms with E-state index in [2.05, 4.69) is 47.5 Å². The highest BCUT2D eigenvalue weighted by Crippen LogP contribution is 2.17. The first kappa shape index (κ1) is 18.7. The summed E-state index contributed by atoms with van der Waals surface area (Å²) in [6.07, 6.45) is 0.870. The number of hydrogen-bond acceptors (Lipinski definition) is 3. The second-order valence-electron chi connectivity index (χ2n) is 6.76. The van der Waals surface area contributed by atoms with E-state index in [9.17, 15) is 4.79 Å². The number of nitrogens with zero attached hydrogens (tertiary/aromatic N) is 2. The van der Waals surface area contributed by atoms with Crippen molar-refractivity contribution in [3.8, 4) is 0 Å². The molecule has 1 aliphatic heterocycles. The molecule has 0 unspecified atom stereocenters. The molecule has 1 saturated heterocycles. The molecule has 0 bridgehead atoms. The standard InChI is InChI=1S/C21H26ClN3O/c1-17-4-2-7-20(14-17)24-10-12-25(13-11-24)21(26)16-23-9-8-18-5-3-6-19(22)15-18/h2-7,14-15,23H,8-13,16H2,1H3. The van der Waals surface area contributed by atoms with Gasteiger partial charge in [-0.3, -0.25) is 4.79 Å². The Labute approximate surface area is 160 Å². The number of nitrogens with one attached hydrogen (secondary N) is 1. The molecule has 0 aliphatic carbocycles. The number of aryl methyl sites for hydroxylation is 1.